The third-order valence-corrected chi connectivity index (χ3v) is 5.10. The number of allylic oxidation sites excluding steroid dienone is 1. The van der Waals surface area contributed by atoms with Crippen molar-refractivity contribution in [1.29, 1.82) is 5.41 Å². The lowest BCUT2D eigenvalue weighted by molar-refractivity contribution is -0.131. The lowest BCUT2D eigenvalue weighted by Gasteiger charge is -2.17. The van der Waals surface area contributed by atoms with Gasteiger partial charge in [-0.15, -0.1) is 0 Å². The van der Waals surface area contributed by atoms with Crippen molar-refractivity contribution in [3.63, 3.8) is 0 Å². The molecule has 0 saturated carbocycles. The Kier molecular flexibility index (Phi) is 7.33. The van der Waals surface area contributed by atoms with Crippen LogP contribution in [0.25, 0.3) is 0 Å². The largest absolute Gasteiger partial charge is 0.478 e. The number of carboxylic acids is 1. The van der Waals surface area contributed by atoms with Crippen LogP contribution in [0, 0.1) is 12.3 Å². The molecule has 0 bridgehead atoms. The average molecular weight is 418 g/mol. The highest BCUT2D eigenvalue weighted by Crippen LogP contribution is 2.23. The molecule has 0 aliphatic carbocycles. The van der Waals surface area contributed by atoms with E-state index in [9.17, 15) is 4.79 Å². The Morgan fingerprint density at radius 1 is 1.38 bits per heavy atom. The van der Waals surface area contributed by atoms with Gasteiger partial charge in [0.05, 0.1) is 10.2 Å². The van der Waals surface area contributed by atoms with E-state index >= 15 is 0 Å². The van der Waals surface area contributed by atoms with E-state index in [0.29, 0.717) is 25.1 Å². The monoisotopic (exact) mass is 417 g/mol. The fourth-order valence-corrected chi connectivity index (χ4v) is 3.20. The molecule has 0 aliphatic rings. The summed E-state index contributed by atoms with van der Waals surface area (Å²) >= 11 is 3.46. The molecule has 0 fully saturated rings. The maximum atomic E-state index is 10.5. The van der Waals surface area contributed by atoms with Gasteiger partial charge in [0.1, 0.15) is 0 Å². The molecule has 2 N–H and O–H groups in total. The number of aryl methyl sites for hydroxylation is 2. The number of aliphatic carboxylic acids is 1. The Balaban J connectivity index is 1.97. The number of halogens is 1. The fourth-order valence-electron chi connectivity index (χ4n) is 2.88. The highest BCUT2D eigenvalue weighted by atomic mass is 79.9. The van der Waals surface area contributed by atoms with Crippen LogP contribution in [0.15, 0.2) is 47.1 Å². The van der Waals surface area contributed by atoms with E-state index in [2.05, 4.69) is 28.0 Å². The van der Waals surface area contributed by atoms with Gasteiger partial charge >= 0.3 is 5.97 Å². The number of carboxylic acid groups (broad SMARTS) is 1. The van der Waals surface area contributed by atoms with Gasteiger partial charge in [-0.3, -0.25) is 4.68 Å². The summed E-state index contributed by atoms with van der Waals surface area (Å²) < 4.78 is 2.86. The molecule has 1 aromatic carbocycles. The molecule has 0 spiro atoms. The van der Waals surface area contributed by atoms with Crippen molar-refractivity contribution in [2.45, 2.75) is 45.6 Å². The van der Waals surface area contributed by atoms with E-state index in [1.54, 1.807) is 6.08 Å². The van der Waals surface area contributed by atoms with Crippen molar-refractivity contribution in [2.24, 2.45) is 0 Å². The van der Waals surface area contributed by atoms with Crippen molar-refractivity contribution in [3.05, 3.63) is 63.9 Å². The third-order valence-electron chi connectivity index (χ3n) is 4.32. The summed E-state index contributed by atoms with van der Waals surface area (Å²) in [7, 11) is 0. The Bertz CT molecular complexity index is 774. The summed E-state index contributed by atoms with van der Waals surface area (Å²) in [4.78, 5) is 10.5. The molecule has 1 heterocycles. The molecule has 0 radical (unpaired) electrons. The second-order valence-corrected chi connectivity index (χ2v) is 7.10. The first-order valence-electron chi connectivity index (χ1n) is 8.65. The van der Waals surface area contributed by atoms with Gasteiger partial charge in [-0.2, -0.15) is 5.10 Å². The molecule has 0 aliphatic heterocycles. The second-order valence-electron chi connectivity index (χ2n) is 6.25. The van der Waals surface area contributed by atoms with Crippen molar-refractivity contribution in [2.75, 3.05) is 0 Å². The lowest BCUT2D eigenvalue weighted by atomic mass is 9.89. The average Bonchev–Trinajstić information content (AvgIpc) is 2.93. The van der Waals surface area contributed by atoms with Crippen molar-refractivity contribution in [3.8, 4) is 0 Å². The van der Waals surface area contributed by atoms with Gasteiger partial charge in [-0.25, -0.2) is 4.79 Å². The van der Waals surface area contributed by atoms with E-state index in [1.807, 2.05) is 42.1 Å². The van der Waals surface area contributed by atoms with E-state index < -0.39 is 5.97 Å². The van der Waals surface area contributed by atoms with E-state index in [1.165, 1.54) is 0 Å². The summed E-state index contributed by atoms with van der Waals surface area (Å²) in [5.41, 5.74) is 3.84. The number of hydrogen-bond acceptors (Lipinski definition) is 3. The minimum Gasteiger partial charge on any atom is -0.478 e. The zero-order valence-corrected chi connectivity index (χ0v) is 16.7. The van der Waals surface area contributed by atoms with Gasteiger partial charge in [0.15, 0.2) is 0 Å². The number of benzene rings is 1. The highest BCUT2D eigenvalue weighted by Gasteiger charge is 2.15. The molecule has 0 amide bonds. The molecule has 6 heteroatoms. The highest BCUT2D eigenvalue weighted by molar-refractivity contribution is 9.10. The molecular weight excluding hydrogens is 394 g/mol. The summed E-state index contributed by atoms with van der Waals surface area (Å²) in [5.74, 6) is -0.834. The number of nitrogens with zero attached hydrogens (tertiary/aromatic N) is 2. The SMILES string of the molecule is CC[C@H](C(=N)CCn1cc(Br)c(C)n1)c1ccc(C/C=C/C(=O)O)cc1. The first kappa shape index (κ1) is 20.1. The molecule has 1 atom stereocenters. The predicted molar refractivity (Wildman–Crippen MR) is 107 cm³/mol. The molecule has 1 aromatic heterocycles. The minimum absolute atomic E-state index is 0.0960. The van der Waals surface area contributed by atoms with Gasteiger partial charge in [0.25, 0.3) is 0 Å². The number of rotatable bonds is 9. The molecule has 0 unspecified atom stereocenters. The van der Waals surface area contributed by atoms with Crippen LogP contribution in [-0.2, 0) is 17.8 Å². The quantitative estimate of drug-likeness (QED) is 0.456. The predicted octanol–water partition coefficient (Wildman–Crippen LogP) is 4.74. The number of carbonyl (C=O) groups is 1. The van der Waals surface area contributed by atoms with Crippen molar-refractivity contribution >= 4 is 27.6 Å². The van der Waals surface area contributed by atoms with Crippen LogP contribution in [0.2, 0.25) is 0 Å². The van der Waals surface area contributed by atoms with Crippen LogP contribution < -0.4 is 0 Å². The van der Waals surface area contributed by atoms with Gasteiger partial charge in [-0.1, -0.05) is 37.3 Å². The van der Waals surface area contributed by atoms with E-state index in [4.69, 9.17) is 10.5 Å². The summed E-state index contributed by atoms with van der Waals surface area (Å²) in [5, 5.41) is 21.5. The van der Waals surface area contributed by atoms with Crippen LogP contribution in [0.5, 0.6) is 0 Å². The molecular formula is C20H24BrN3O2. The Morgan fingerprint density at radius 3 is 2.62 bits per heavy atom. The third kappa shape index (κ3) is 5.66. The normalized spacial score (nSPS) is 12.4. The van der Waals surface area contributed by atoms with Crippen LogP contribution in [0.3, 0.4) is 0 Å². The number of hydrogen-bond donors (Lipinski definition) is 2. The Labute approximate surface area is 162 Å². The van der Waals surface area contributed by atoms with Gasteiger partial charge in [-0.05, 0) is 46.8 Å². The lowest BCUT2D eigenvalue weighted by Crippen LogP contribution is -2.14. The molecule has 2 aromatic rings. The molecule has 2 rings (SSSR count). The zero-order chi connectivity index (χ0) is 19.1. The molecule has 26 heavy (non-hydrogen) atoms. The van der Waals surface area contributed by atoms with E-state index in [-0.39, 0.29) is 5.92 Å². The Morgan fingerprint density at radius 2 is 2.08 bits per heavy atom. The Hall–Kier alpha value is -2.21. The van der Waals surface area contributed by atoms with Crippen LogP contribution in [0.4, 0.5) is 0 Å². The van der Waals surface area contributed by atoms with Crippen molar-refractivity contribution < 1.29 is 9.90 Å². The maximum Gasteiger partial charge on any atom is 0.327 e. The smallest absolute Gasteiger partial charge is 0.327 e. The minimum atomic E-state index is -0.930. The molecule has 0 saturated heterocycles. The zero-order valence-electron chi connectivity index (χ0n) is 15.1. The van der Waals surface area contributed by atoms with Crippen LogP contribution >= 0.6 is 15.9 Å². The first-order chi connectivity index (χ1) is 12.4. The second kappa shape index (κ2) is 9.48. The number of aromatic nitrogens is 2. The van der Waals surface area contributed by atoms with Gasteiger partial charge in [0.2, 0.25) is 0 Å². The summed E-state index contributed by atoms with van der Waals surface area (Å²) in [6, 6.07) is 8.10. The molecule has 5 nitrogen and oxygen atoms in total. The summed E-state index contributed by atoms with van der Waals surface area (Å²) in [6.07, 6.45) is 6.88. The summed E-state index contributed by atoms with van der Waals surface area (Å²) in [6.45, 7) is 4.74. The van der Waals surface area contributed by atoms with Crippen LogP contribution in [0.1, 0.15) is 42.5 Å². The maximum absolute atomic E-state index is 10.5. The van der Waals surface area contributed by atoms with E-state index in [0.717, 1.165) is 33.8 Å². The fraction of sp³-hybridized carbons (Fsp3) is 0.350. The van der Waals surface area contributed by atoms with Gasteiger partial charge in [0, 0.05) is 36.9 Å². The van der Waals surface area contributed by atoms with Gasteiger partial charge < -0.3 is 10.5 Å². The standard InChI is InChI=1S/C20H24BrN3O2/c1-3-17(19(22)11-12-24-13-18(21)14(2)23-24)16-9-7-15(8-10-16)5-4-6-20(25)26/h4,6-10,13,17,22H,3,5,11-12H2,1-2H3,(H,25,26)/b6-4+,22-19?/t17-/m0/s1. The first-order valence-corrected chi connectivity index (χ1v) is 9.45. The number of nitrogens with one attached hydrogen (secondary N) is 1. The van der Waals surface area contributed by atoms with Crippen molar-refractivity contribution in [1.82, 2.24) is 9.78 Å². The topological polar surface area (TPSA) is 79.0 Å². The van der Waals surface area contributed by atoms with Crippen LogP contribution in [-0.4, -0.2) is 26.6 Å². The molecule has 138 valence electrons.